The predicted octanol–water partition coefficient (Wildman–Crippen LogP) is 4.26. The second-order valence-corrected chi connectivity index (χ2v) is 7.36. The van der Waals surface area contributed by atoms with Crippen LogP contribution in [0.5, 0.6) is 0 Å². The zero-order chi connectivity index (χ0) is 18.9. The summed E-state index contributed by atoms with van der Waals surface area (Å²) in [6.45, 7) is 2.30. The van der Waals surface area contributed by atoms with Crippen molar-refractivity contribution in [3.8, 4) is 11.4 Å². The molecular formula is C20H23N5OS. The van der Waals surface area contributed by atoms with E-state index in [1.807, 2.05) is 66.4 Å². The van der Waals surface area contributed by atoms with Gasteiger partial charge in [0.2, 0.25) is 11.7 Å². The van der Waals surface area contributed by atoms with Crippen molar-refractivity contribution in [2.24, 2.45) is 0 Å². The quantitative estimate of drug-likeness (QED) is 0.443. The molecule has 0 atom stereocenters. The summed E-state index contributed by atoms with van der Waals surface area (Å²) in [4.78, 5) is 13.9. The number of carbonyl (C=O) groups is 1. The van der Waals surface area contributed by atoms with Crippen LogP contribution in [-0.2, 0) is 11.3 Å². The van der Waals surface area contributed by atoms with Gasteiger partial charge in [-0.3, -0.25) is 4.79 Å². The number of carbonyl (C=O) groups excluding carboxylic acids is 1. The minimum absolute atomic E-state index is 0.0480. The Hall–Kier alpha value is -2.67. The summed E-state index contributed by atoms with van der Waals surface area (Å²) in [6, 6.07) is 17.9. The Bertz CT molecular complexity index is 848. The van der Waals surface area contributed by atoms with Gasteiger partial charge in [-0.05, 0) is 48.1 Å². The molecule has 1 N–H and O–H groups in total. The monoisotopic (exact) mass is 381 g/mol. The van der Waals surface area contributed by atoms with E-state index in [0.29, 0.717) is 5.82 Å². The van der Waals surface area contributed by atoms with Gasteiger partial charge in [0.1, 0.15) is 0 Å². The average Bonchev–Trinajstić information content (AvgIpc) is 3.15. The largest absolute Gasteiger partial charge is 0.326 e. The van der Waals surface area contributed by atoms with Crippen molar-refractivity contribution >= 4 is 23.4 Å². The number of hydrogen-bond donors (Lipinski definition) is 1. The number of rotatable bonds is 9. The Morgan fingerprint density at radius 1 is 1.04 bits per heavy atom. The first kappa shape index (κ1) is 19.1. The Morgan fingerprint density at radius 3 is 2.56 bits per heavy atom. The molecule has 6 nitrogen and oxygen atoms in total. The van der Waals surface area contributed by atoms with E-state index in [4.69, 9.17) is 0 Å². The van der Waals surface area contributed by atoms with Gasteiger partial charge in [-0.15, -0.1) is 22.0 Å². The van der Waals surface area contributed by atoms with Gasteiger partial charge >= 0.3 is 0 Å². The zero-order valence-corrected chi connectivity index (χ0v) is 16.2. The lowest BCUT2D eigenvalue weighted by atomic mass is 10.2. The first-order valence-corrected chi connectivity index (χ1v) is 10.0. The third kappa shape index (κ3) is 6.21. The number of hydrogen-bond acceptors (Lipinski definition) is 5. The molecule has 0 aliphatic rings. The Labute approximate surface area is 163 Å². The van der Waals surface area contributed by atoms with Crippen LogP contribution in [0, 0.1) is 0 Å². The topological polar surface area (TPSA) is 72.7 Å². The van der Waals surface area contributed by atoms with Crippen LogP contribution in [0.3, 0.4) is 0 Å². The summed E-state index contributed by atoms with van der Waals surface area (Å²) in [5.41, 5.74) is 1.83. The van der Waals surface area contributed by atoms with Crippen LogP contribution < -0.4 is 5.32 Å². The lowest BCUT2D eigenvalue weighted by Crippen LogP contribution is -2.05. The van der Waals surface area contributed by atoms with Gasteiger partial charge in [0.15, 0.2) is 0 Å². The van der Waals surface area contributed by atoms with E-state index >= 15 is 0 Å². The van der Waals surface area contributed by atoms with Crippen molar-refractivity contribution in [1.82, 2.24) is 20.2 Å². The highest BCUT2D eigenvalue weighted by Gasteiger charge is 2.04. The molecule has 0 bridgehead atoms. The maximum Gasteiger partial charge on any atom is 0.221 e. The predicted molar refractivity (Wildman–Crippen MR) is 109 cm³/mol. The number of tetrazole rings is 1. The first-order chi connectivity index (χ1) is 13.2. The van der Waals surface area contributed by atoms with Gasteiger partial charge in [0, 0.05) is 23.1 Å². The molecule has 0 radical (unpaired) electrons. The van der Waals surface area contributed by atoms with Gasteiger partial charge in [-0.25, -0.2) is 0 Å². The highest BCUT2D eigenvalue weighted by Crippen LogP contribution is 2.21. The van der Waals surface area contributed by atoms with Crippen LogP contribution in [0.15, 0.2) is 59.5 Å². The van der Waals surface area contributed by atoms with Crippen LogP contribution in [-0.4, -0.2) is 31.9 Å². The van der Waals surface area contributed by atoms with E-state index in [2.05, 4.69) is 20.7 Å². The number of benzene rings is 2. The molecule has 140 valence electrons. The number of aryl methyl sites for hydroxylation is 1. The second-order valence-electron chi connectivity index (χ2n) is 6.19. The molecule has 27 heavy (non-hydrogen) atoms. The fraction of sp³-hybridized carbons (Fsp3) is 0.300. The molecule has 2 aromatic carbocycles. The molecule has 0 unspecified atom stereocenters. The molecule has 7 heteroatoms. The Morgan fingerprint density at radius 2 is 1.81 bits per heavy atom. The summed E-state index contributed by atoms with van der Waals surface area (Å²) < 4.78 is 0. The van der Waals surface area contributed by atoms with E-state index in [0.717, 1.165) is 42.8 Å². The molecule has 0 aliphatic heterocycles. The van der Waals surface area contributed by atoms with Crippen LogP contribution in [0.1, 0.15) is 26.2 Å². The van der Waals surface area contributed by atoms with Crippen molar-refractivity contribution < 1.29 is 4.79 Å². The highest BCUT2D eigenvalue weighted by atomic mass is 32.2. The van der Waals surface area contributed by atoms with Crippen molar-refractivity contribution in [2.75, 3.05) is 11.1 Å². The van der Waals surface area contributed by atoms with Crippen molar-refractivity contribution in [1.29, 1.82) is 0 Å². The maximum absolute atomic E-state index is 11.0. The average molecular weight is 382 g/mol. The van der Waals surface area contributed by atoms with Gasteiger partial charge in [-0.2, -0.15) is 4.80 Å². The number of anilines is 1. The number of unbranched alkanes of at least 4 members (excludes halogenated alkanes) is 2. The number of nitrogens with zero attached hydrogens (tertiary/aromatic N) is 4. The lowest BCUT2D eigenvalue weighted by Gasteiger charge is -2.05. The van der Waals surface area contributed by atoms with Gasteiger partial charge in [-0.1, -0.05) is 36.8 Å². The standard InChI is InChI=1S/C20H23N5OS/c1-16(26)21-18-10-12-19(13-11-18)27-15-7-3-6-14-25-23-20(22-24-25)17-8-4-2-5-9-17/h2,4-5,8-13H,3,6-7,14-15H2,1H3,(H,21,26). The van der Waals surface area contributed by atoms with Crippen LogP contribution in [0.2, 0.25) is 0 Å². The van der Waals surface area contributed by atoms with Gasteiger partial charge in [0.05, 0.1) is 6.54 Å². The summed E-state index contributed by atoms with van der Waals surface area (Å²) >= 11 is 1.83. The maximum atomic E-state index is 11.0. The number of aromatic nitrogens is 4. The van der Waals surface area contributed by atoms with Crippen molar-refractivity contribution in [3.05, 3.63) is 54.6 Å². The minimum Gasteiger partial charge on any atom is -0.326 e. The first-order valence-electron chi connectivity index (χ1n) is 9.04. The van der Waals surface area contributed by atoms with Crippen LogP contribution in [0.4, 0.5) is 5.69 Å². The zero-order valence-electron chi connectivity index (χ0n) is 15.3. The summed E-state index contributed by atoms with van der Waals surface area (Å²) in [5, 5.41) is 15.5. The third-order valence-corrected chi connectivity index (χ3v) is 5.03. The molecule has 0 spiro atoms. The number of nitrogens with one attached hydrogen (secondary N) is 1. The SMILES string of the molecule is CC(=O)Nc1ccc(SCCCCCn2nnc(-c3ccccc3)n2)cc1. The summed E-state index contributed by atoms with van der Waals surface area (Å²) in [7, 11) is 0. The van der Waals surface area contributed by atoms with Crippen molar-refractivity contribution in [2.45, 2.75) is 37.6 Å². The smallest absolute Gasteiger partial charge is 0.221 e. The van der Waals surface area contributed by atoms with E-state index in [-0.39, 0.29) is 5.91 Å². The van der Waals surface area contributed by atoms with Gasteiger partial charge in [0.25, 0.3) is 0 Å². The molecule has 0 aliphatic carbocycles. The van der Waals surface area contributed by atoms with Crippen LogP contribution >= 0.6 is 11.8 Å². The molecule has 3 aromatic rings. The molecule has 3 rings (SSSR count). The summed E-state index contributed by atoms with van der Waals surface area (Å²) in [5.74, 6) is 1.70. The second kappa shape index (κ2) is 9.87. The Kier molecular flexibility index (Phi) is 6.98. The number of amides is 1. The minimum atomic E-state index is -0.0480. The highest BCUT2D eigenvalue weighted by molar-refractivity contribution is 7.99. The third-order valence-electron chi connectivity index (χ3n) is 3.93. The molecular weight excluding hydrogens is 358 g/mol. The molecule has 1 aromatic heterocycles. The van der Waals surface area contributed by atoms with E-state index in [9.17, 15) is 4.79 Å². The molecule has 0 saturated carbocycles. The summed E-state index contributed by atoms with van der Waals surface area (Å²) in [6.07, 6.45) is 3.30. The fourth-order valence-corrected chi connectivity index (χ4v) is 3.51. The fourth-order valence-electron chi connectivity index (χ4n) is 2.60. The van der Waals surface area contributed by atoms with Gasteiger partial charge < -0.3 is 5.32 Å². The van der Waals surface area contributed by atoms with Crippen molar-refractivity contribution in [3.63, 3.8) is 0 Å². The Balaban J connectivity index is 1.33. The molecule has 0 saturated heterocycles. The van der Waals surface area contributed by atoms with E-state index < -0.39 is 0 Å². The number of thioether (sulfide) groups is 1. The van der Waals surface area contributed by atoms with E-state index in [1.165, 1.54) is 11.8 Å². The molecule has 1 heterocycles. The van der Waals surface area contributed by atoms with Crippen LogP contribution in [0.25, 0.3) is 11.4 Å². The molecule has 1 amide bonds. The van der Waals surface area contributed by atoms with E-state index in [1.54, 1.807) is 4.80 Å². The molecule has 0 fully saturated rings. The lowest BCUT2D eigenvalue weighted by molar-refractivity contribution is -0.114. The normalized spacial score (nSPS) is 10.7.